The fourth-order valence-corrected chi connectivity index (χ4v) is 3.58. The maximum atomic E-state index is 12.4. The van der Waals surface area contributed by atoms with E-state index in [1.54, 1.807) is 6.07 Å². The van der Waals surface area contributed by atoms with Crippen molar-refractivity contribution in [1.82, 2.24) is 0 Å². The highest BCUT2D eigenvalue weighted by Crippen LogP contribution is 2.44. The zero-order valence-corrected chi connectivity index (χ0v) is 16.3. The fraction of sp³-hybridized carbons (Fsp3) is 0.273. The standard InChI is InChI=1S/C22H19F3N2O4/c1-12(21(27)29)10-14-11-17(13-2-4-15(5-3-13)31-22(23,24)25)20-16(7-9-30-20)19(14)18(28)6-8-26/h2-5,11,18,28H,1,6-7,9-10H2,(H2,27,29). The number of amides is 1. The number of aliphatic hydroxyl groups excluding tert-OH is 1. The lowest BCUT2D eigenvalue weighted by molar-refractivity contribution is -0.274. The van der Waals surface area contributed by atoms with Gasteiger partial charge in [0.1, 0.15) is 11.5 Å². The summed E-state index contributed by atoms with van der Waals surface area (Å²) in [6.45, 7) is 4.00. The van der Waals surface area contributed by atoms with Crippen molar-refractivity contribution < 1.29 is 32.5 Å². The number of hydrogen-bond donors (Lipinski definition) is 2. The van der Waals surface area contributed by atoms with Crippen LogP contribution < -0.4 is 15.2 Å². The van der Waals surface area contributed by atoms with Gasteiger partial charge in [-0.15, -0.1) is 13.2 Å². The summed E-state index contributed by atoms with van der Waals surface area (Å²) in [5, 5.41) is 19.6. The highest BCUT2D eigenvalue weighted by Gasteiger charge is 2.31. The maximum absolute atomic E-state index is 12.4. The number of primary amides is 1. The molecule has 0 bridgehead atoms. The lowest BCUT2D eigenvalue weighted by atomic mass is 9.86. The van der Waals surface area contributed by atoms with Crippen LogP contribution in [0, 0.1) is 11.3 Å². The van der Waals surface area contributed by atoms with Crippen molar-refractivity contribution in [2.75, 3.05) is 6.61 Å². The Labute approximate surface area is 176 Å². The third kappa shape index (κ3) is 4.98. The van der Waals surface area contributed by atoms with Crippen LogP contribution in [0.25, 0.3) is 11.1 Å². The van der Waals surface area contributed by atoms with E-state index in [9.17, 15) is 23.1 Å². The molecule has 3 rings (SSSR count). The first-order chi connectivity index (χ1) is 14.6. The van der Waals surface area contributed by atoms with Crippen LogP contribution in [0.3, 0.4) is 0 Å². The SMILES string of the molecule is C=C(Cc1cc(-c2ccc(OC(F)(F)F)cc2)c2c(c1C(O)CC#N)CCO2)C(N)=O. The molecule has 1 amide bonds. The Morgan fingerprint density at radius 3 is 2.61 bits per heavy atom. The average molecular weight is 432 g/mol. The number of carbonyl (C=O) groups excluding carboxylic acids is 1. The predicted octanol–water partition coefficient (Wildman–Crippen LogP) is 3.72. The first-order valence-corrected chi connectivity index (χ1v) is 9.31. The van der Waals surface area contributed by atoms with Crippen LogP contribution in [0.1, 0.15) is 29.2 Å². The first kappa shape index (κ1) is 22.2. The molecule has 0 saturated heterocycles. The van der Waals surface area contributed by atoms with E-state index < -0.39 is 18.4 Å². The molecule has 2 aromatic carbocycles. The van der Waals surface area contributed by atoms with E-state index in [2.05, 4.69) is 11.3 Å². The van der Waals surface area contributed by atoms with Gasteiger partial charge in [-0.2, -0.15) is 5.26 Å². The maximum Gasteiger partial charge on any atom is 0.573 e. The van der Waals surface area contributed by atoms with Gasteiger partial charge in [-0.25, -0.2) is 0 Å². The normalized spacial score (nSPS) is 13.6. The van der Waals surface area contributed by atoms with Crippen LogP contribution in [-0.4, -0.2) is 24.0 Å². The lowest BCUT2D eigenvalue weighted by Crippen LogP contribution is -2.17. The number of nitrogens with zero attached hydrogens (tertiary/aromatic N) is 1. The van der Waals surface area contributed by atoms with E-state index in [-0.39, 0.29) is 24.2 Å². The lowest BCUT2D eigenvalue weighted by Gasteiger charge is -2.20. The quantitative estimate of drug-likeness (QED) is 0.649. The van der Waals surface area contributed by atoms with Gasteiger partial charge in [-0.3, -0.25) is 4.79 Å². The Morgan fingerprint density at radius 2 is 2.03 bits per heavy atom. The molecule has 9 heteroatoms. The number of ether oxygens (including phenoxy) is 2. The number of benzene rings is 2. The number of carbonyl (C=O) groups is 1. The molecule has 0 saturated carbocycles. The van der Waals surface area contributed by atoms with Gasteiger partial charge in [0.25, 0.3) is 0 Å². The number of alkyl halides is 3. The summed E-state index contributed by atoms with van der Waals surface area (Å²) >= 11 is 0. The molecule has 0 spiro atoms. The van der Waals surface area contributed by atoms with E-state index in [4.69, 9.17) is 15.7 Å². The summed E-state index contributed by atoms with van der Waals surface area (Å²) in [6.07, 6.45) is -5.56. The third-order valence-electron chi connectivity index (χ3n) is 4.88. The van der Waals surface area contributed by atoms with E-state index in [1.807, 2.05) is 6.07 Å². The molecule has 3 N–H and O–H groups in total. The minimum Gasteiger partial charge on any atom is -0.492 e. The zero-order valence-electron chi connectivity index (χ0n) is 16.3. The van der Waals surface area contributed by atoms with Gasteiger partial charge in [0.2, 0.25) is 5.91 Å². The second-order valence-electron chi connectivity index (χ2n) is 7.00. The van der Waals surface area contributed by atoms with Crippen LogP contribution >= 0.6 is 0 Å². The van der Waals surface area contributed by atoms with Gasteiger partial charge in [0.05, 0.1) is 25.2 Å². The minimum absolute atomic E-state index is 0.0443. The summed E-state index contributed by atoms with van der Waals surface area (Å²) in [6, 6.07) is 8.88. The summed E-state index contributed by atoms with van der Waals surface area (Å²) < 4.78 is 47.0. The van der Waals surface area contributed by atoms with Crippen molar-refractivity contribution >= 4 is 5.91 Å². The Balaban J connectivity index is 2.11. The average Bonchev–Trinajstić information content (AvgIpc) is 3.16. The summed E-state index contributed by atoms with van der Waals surface area (Å²) in [7, 11) is 0. The van der Waals surface area contributed by atoms with Crippen molar-refractivity contribution in [1.29, 1.82) is 5.26 Å². The van der Waals surface area contributed by atoms with Gasteiger partial charge < -0.3 is 20.3 Å². The molecule has 1 heterocycles. The number of fused-ring (bicyclic) bond motifs is 1. The number of halogens is 3. The molecule has 0 radical (unpaired) electrons. The molecule has 1 aliphatic heterocycles. The van der Waals surface area contributed by atoms with Gasteiger partial charge in [0, 0.05) is 29.5 Å². The number of aliphatic hydroxyl groups is 1. The van der Waals surface area contributed by atoms with Crippen LogP contribution in [0.4, 0.5) is 13.2 Å². The zero-order chi connectivity index (χ0) is 22.8. The summed E-state index contributed by atoms with van der Waals surface area (Å²) in [5.41, 5.74) is 8.27. The molecule has 162 valence electrons. The Kier molecular flexibility index (Phi) is 6.22. The van der Waals surface area contributed by atoms with Crippen molar-refractivity contribution in [2.24, 2.45) is 5.73 Å². The Hall–Kier alpha value is -3.51. The Morgan fingerprint density at radius 1 is 1.35 bits per heavy atom. The highest BCUT2D eigenvalue weighted by molar-refractivity contribution is 5.92. The van der Waals surface area contributed by atoms with Gasteiger partial charge >= 0.3 is 6.36 Å². The largest absolute Gasteiger partial charge is 0.573 e. The molecule has 1 aliphatic rings. The summed E-state index contributed by atoms with van der Waals surface area (Å²) in [4.78, 5) is 11.5. The topological polar surface area (TPSA) is 106 Å². The minimum atomic E-state index is -4.80. The second-order valence-corrected chi connectivity index (χ2v) is 7.00. The number of nitriles is 1. The summed E-state index contributed by atoms with van der Waals surface area (Å²) in [5.74, 6) is -0.588. The van der Waals surface area contributed by atoms with E-state index >= 15 is 0 Å². The predicted molar refractivity (Wildman–Crippen MR) is 105 cm³/mol. The molecule has 2 aromatic rings. The van der Waals surface area contributed by atoms with Gasteiger partial charge in [0.15, 0.2) is 0 Å². The van der Waals surface area contributed by atoms with E-state index in [0.29, 0.717) is 46.6 Å². The number of rotatable bonds is 7. The van der Waals surface area contributed by atoms with Crippen LogP contribution in [0.15, 0.2) is 42.5 Å². The van der Waals surface area contributed by atoms with Gasteiger partial charge in [-0.05, 0) is 34.9 Å². The number of hydrogen-bond acceptors (Lipinski definition) is 5. The molecule has 0 aliphatic carbocycles. The van der Waals surface area contributed by atoms with Crippen molar-refractivity contribution in [2.45, 2.75) is 31.7 Å². The van der Waals surface area contributed by atoms with E-state index in [1.165, 1.54) is 24.3 Å². The molecule has 1 atom stereocenters. The molecule has 1 unspecified atom stereocenters. The molecule has 31 heavy (non-hydrogen) atoms. The van der Waals surface area contributed by atoms with Crippen molar-refractivity contribution in [3.8, 4) is 28.7 Å². The second kappa shape index (κ2) is 8.70. The Bertz CT molecular complexity index is 1060. The number of nitrogens with two attached hydrogens (primary N) is 1. The monoisotopic (exact) mass is 432 g/mol. The highest BCUT2D eigenvalue weighted by atomic mass is 19.4. The van der Waals surface area contributed by atoms with Gasteiger partial charge in [-0.1, -0.05) is 18.7 Å². The smallest absolute Gasteiger partial charge is 0.492 e. The third-order valence-corrected chi connectivity index (χ3v) is 4.88. The molecule has 0 aromatic heterocycles. The van der Waals surface area contributed by atoms with Crippen LogP contribution in [0.2, 0.25) is 0 Å². The van der Waals surface area contributed by atoms with Crippen molar-refractivity contribution in [3.63, 3.8) is 0 Å². The molecule has 6 nitrogen and oxygen atoms in total. The molecule has 0 fully saturated rings. The molecular formula is C22H19F3N2O4. The first-order valence-electron chi connectivity index (χ1n) is 9.31. The molecular weight excluding hydrogens is 413 g/mol. The van der Waals surface area contributed by atoms with Crippen LogP contribution in [0.5, 0.6) is 11.5 Å². The van der Waals surface area contributed by atoms with E-state index in [0.717, 1.165) is 0 Å². The van der Waals surface area contributed by atoms with Crippen LogP contribution in [-0.2, 0) is 17.6 Å². The fourth-order valence-electron chi connectivity index (χ4n) is 3.58. The van der Waals surface area contributed by atoms with Crippen molar-refractivity contribution in [3.05, 3.63) is 59.2 Å².